The number of nitrogens with zero attached hydrogens (tertiary/aromatic N) is 2. The van der Waals surface area contributed by atoms with Gasteiger partial charge in [0.1, 0.15) is 6.54 Å². The van der Waals surface area contributed by atoms with Gasteiger partial charge in [-0.25, -0.2) is 4.79 Å². The van der Waals surface area contributed by atoms with Crippen molar-refractivity contribution >= 4 is 17.7 Å². The van der Waals surface area contributed by atoms with E-state index in [-0.39, 0.29) is 30.6 Å². The molecule has 1 saturated heterocycles. The number of amides is 2. The van der Waals surface area contributed by atoms with Crippen LogP contribution in [0.5, 0.6) is 0 Å². The van der Waals surface area contributed by atoms with E-state index in [0.29, 0.717) is 12.5 Å². The minimum atomic E-state index is -0.361. The summed E-state index contributed by atoms with van der Waals surface area (Å²) < 4.78 is 5.28. The number of allylic oxidation sites excluding steroid dienone is 3. The van der Waals surface area contributed by atoms with Gasteiger partial charge in [-0.2, -0.15) is 0 Å². The van der Waals surface area contributed by atoms with Gasteiger partial charge in [-0.15, -0.1) is 0 Å². The van der Waals surface area contributed by atoms with Crippen molar-refractivity contribution in [1.29, 1.82) is 0 Å². The van der Waals surface area contributed by atoms with Crippen molar-refractivity contribution in [2.75, 3.05) is 18.1 Å². The third kappa shape index (κ3) is 2.44. The summed E-state index contributed by atoms with van der Waals surface area (Å²) in [6.45, 7) is 2.23. The van der Waals surface area contributed by atoms with Gasteiger partial charge in [-0.1, -0.05) is 30.4 Å². The smallest absolute Gasteiger partial charge is 0.410 e. The maximum atomic E-state index is 13.2. The van der Waals surface area contributed by atoms with Crippen LogP contribution in [0.3, 0.4) is 0 Å². The highest BCUT2D eigenvalue weighted by Gasteiger charge is 2.51. The second-order valence-electron chi connectivity index (χ2n) is 7.79. The van der Waals surface area contributed by atoms with Crippen molar-refractivity contribution in [2.24, 2.45) is 5.92 Å². The number of benzene rings is 1. The highest BCUT2D eigenvalue weighted by molar-refractivity contribution is 6.00. The molecule has 2 amide bonds. The summed E-state index contributed by atoms with van der Waals surface area (Å²) in [5.41, 5.74) is 4.98. The number of fused-ring (bicyclic) bond motifs is 2. The van der Waals surface area contributed by atoms with E-state index in [1.165, 1.54) is 16.7 Å². The first-order valence-corrected chi connectivity index (χ1v) is 9.92. The molecule has 5 heteroatoms. The van der Waals surface area contributed by atoms with Gasteiger partial charge in [-0.3, -0.25) is 9.69 Å². The van der Waals surface area contributed by atoms with Crippen molar-refractivity contribution in [3.05, 3.63) is 53.1 Å². The van der Waals surface area contributed by atoms with E-state index in [9.17, 15) is 9.59 Å². The first-order chi connectivity index (χ1) is 13.2. The van der Waals surface area contributed by atoms with E-state index in [1.54, 1.807) is 11.8 Å². The van der Waals surface area contributed by atoms with Crippen LogP contribution >= 0.6 is 0 Å². The number of carbonyl (C=O) groups is 2. The Hall–Kier alpha value is -2.56. The van der Waals surface area contributed by atoms with Gasteiger partial charge >= 0.3 is 6.09 Å². The Bertz CT molecular complexity index is 872. The van der Waals surface area contributed by atoms with E-state index in [4.69, 9.17) is 4.74 Å². The maximum absolute atomic E-state index is 13.2. The first-order valence-electron chi connectivity index (χ1n) is 9.92. The van der Waals surface area contributed by atoms with E-state index >= 15 is 0 Å². The predicted molar refractivity (Wildman–Crippen MR) is 102 cm³/mol. The summed E-state index contributed by atoms with van der Waals surface area (Å²) >= 11 is 0. The summed E-state index contributed by atoms with van der Waals surface area (Å²) in [7, 11) is 0. The zero-order valence-corrected chi connectivity index (χ0v) is 15.6. The summed E-state index contributed by atoms with van der Waals surface area (Å²) in [5, 5.41) is 0. The Balaban J connectivity index is 1.68. The average Bonchev–Trinajstić information content (AvgIpc) is 2.83. The van der Waals surface area contributed by atoms with E-state index in [1.807, 2.05) is 11.0 Å². The van der Waals surface area contributed by atoms with Gasteiger partial charge in [0.25, 0.3) is 0 Å². The molecule has 0 saturated carbocycles. The molecule has 140 valence electrons. The number of ether oxygens (including phenoxy) is 1. The number of piperazine rings is 1. The lowest BCUT2D eigenvalue weighted by atomic mass is 9.72. The number of hydrogen-bond acceptors (Lipinski definition) is 3. The van der Waals surface area contributed by atoms with Crippen LogP contribution in [0, 0.1) is 5.92 Å². The number of hydrogen-bond donors (Lipinski definition) is 0. The summed E-state index contributed by atoms with van der Waals surface area (Å²) in [5.74, 6) is 0.389. The SMILES string of the molecule is CCOC(=O)N1CC(=O)N2c3ccccc3CC3CC=CC4=C3[C@H]2[C@@H]1CC4. The lowest BCUT2D eigenvalue weighted by Gasteiger charge is -2.50. The van der Waals surface area contributed by atoms with Crippen LogP contribution in [0.4, 0.5) is 10.5 Å². The number of rotatable bonds is 1. The van der Waals surface area contributed by atoms with Crippen LogP contribution in [-0.2, 0) is 16.0 Å². The molecule has 0 N–H and O–H groups in total. The van der Waals surface area contributed by atoms with Crippen molar-refractivity contribution in [3.63, 3.8) is 0 Å². The van der Waals surface area contributed by atoms with Crippen LogP contribution in [0.2, 0.25) is 0 Å². The van der Waals surface area contributed by atoms with Crippen LogP contribution in [0.25, 0.3) is 0 Å². The number of carbonyl (C=O) groups excluding carboxylic acids is 2. The summed E-state index contributed by atoms with van der Waals surface area (Å²) in [4.78, 5) is 29.5. The average molecular weight is 364 g/mol. The van der Waals surface area contributed by atoms with E-state index in [0.717, 1.165) is 31.4 Å². The molecule has 2 aliphatic carbocycles. The molecule has 2 heterocycles. The van der Waals surface area contributed by atoms with Crippen LogP contribution in [0.15, 0.2) is 47.6 Å². The molecule has 27 heavy (non-hydrogen) atoms. The highest BCUT2D eigenvalue weighted by Crippen LogP contribution is 2.47. The zero-order chi connectivity index (χ0) is 18.5. The zero-order valence-electron chi connectivity index (χ0n) is 15.6. The van der Waals surface area contributed by atoms with Gasteiger partial charge in [0.15, 0.2) is 0 Å². The van der Waals surface area contributed by atoms with Crippen molar-refractivity contribution in [1.82, 2.24) is 4.90 Å². The molecule has 5 nitrogen and oxygen atoms in total. The molecule has 1 fully saturated rings. The summed E-state index contributed by atoms with van der Waals surface area (Å²) in [6.07, 6.45) is 7.92. The molecule has 1 aromatic rings. The molecule has 0 aromatic heterocycles. The quantitative estimate of drug-likeness (QED) is 0.767. The second-order valence-corrected chi connectivity index (χ2v) is 7.79. The van der Waals surface area contributed by atoms with E-state index < -0.39 is 0 Å². The predicted octanol–water partition coefficient (Wildman–Crippen LogP) is 3.45. The molecule has 4 aliphatic rings. The molecule has 0 spiro atoms. The Morgan fingerprint density at radius 3 is 3.00 bits per heavy atom. The summed E-state index contributed by atoms with van der Waals surface area (Å²) in [6, 6.07) is 8.18. The molecular weight excluding hydrogens is 340 g/mol. The van der Waals surface area contributed by atoms with Crippen molar-refractivity contribution in [3.8, 4) is 0 Å². The second kappa shape index (κ2) is 6.25. The minimum Gasteiger partial charge on any atom is -0.450 e. The van der Waals surface area contributed by atoms with E-state index in [2.05, 4.69) is 30.4 Å². The minimum absolute atomic E-state index is 0.0132. The van der Waals surface area contributed by atoms with Crippen molar-refractivity contribution < 1.29 is 14.3 Å². The first kappa shape index (κ1) is 16.6. The number of para-hydroxylation sites is 1. The van der Waals surface area contributed by atoms with Crippen LogP contribution < -0.4 is 4.90 Å². The third-order valence-electron chi connectivity index (χ3n) is 6.42. The largest absolute Gasteiger partial charge is 0.450 e. The van der Waals surface area contributed by atoms with Crippen LogP contribution in [-0.4, -0.2) is 42.1 Å². The van der Waals surface area contributed by atoms with Gasteiger partial charge in [0.2, 0.25) is 5.91 Å². The Labute approximate surface area is 159 Å². The Morgan fingerprint density at radius 2 is 2.15 bits per heavy atom. The topological polar surface area (TPSA) is 49.9 Å². The Morgan fingerprint density at radius 1 is 1.30 bits per heavy atom. The monoisotopic (exact) mass is 364 g/mol. The fourth-order valence-corrected chi connectivity index (χ4v) is 5.39. The van der Waals surface area contributed by atoms with Gasteiger partial charge in [0.05, 0.1) is 18.7 Å². The third-order valence-corrected chi connectivity index (χ3v) is 6.42. The molecule has 0 bridgehead atoms. The molecule has 1 aromatic carbocycles. The molecule has 1 unspecified atom stereocenters. The molecule has 0 radical (unpaired) electrons. The lowest BCUT2D eigenvalue weighted by Crippen LogP contribution is -2.65. The molecule has 2 aliphatic heterocycles. The standard InChI is InChI=1S/C22H24N2O3/c1-2-27-22(26)23-13-19(25)24-17-9-4-3-6-15(17)12-16-8-5-7-14-10-11-18(23)21(24)20(14)16/h3-7,9,16,18,21H,2,8,10-13H2,1H3/t16?,18-,21+/m0/s1. The fraction of sp³-hybridized carbons (Fsp3) is 0.455. The van der Waals surface area contributed by atoms with Gasteiger partial charge in [0, 0.05) is 5.69 Å². The lowest BCUT2D eigenvalue weighted by molar-refractivity contribution is -0.123. The maximum Gasteiger partial charge on any atom is 0.410 e. The highest BCUT2D eigenvalue weighted by atomic mass is 16.6. The normalized spacial score (nSPS) is 28.5. The Kier molecular flexibility index (Phi) is 3.85. The van der Waals surface area contributed by atoms with Gasteiger partial charge < -0.3 is 9.64 Å². The van der Waals surface area contributed by atoms with Gasteiger partial charge in [-0.05, 0) is 61.3 Å². The van der Waals surface area contributed by atoms with Crippen LogP contribution in [0.1, 0.15) is 31.7 Å². The van der Waals surface area contributed by atoms with Crippen molar-refractivity contribution in [2.45, 2.75) is 44.7 Å². The fourth-order valence-electron chi connectivity index (χ4n) is 5.39. The number of anilines is 1. The molecule has 5 rings (SSSR count). The molecule has 3 atom stereocenters. The molecular formula is C22H24N2O3.